The molecule has 0 saturated carbocycles. The molecule has 0 bridgehead atoms. The first-order valence-electron chi connectivity index (χ1n) is 13.5. The largest absolute Gasteiger partial charge is 0.0654 e. The van der Waals surface area contributed by atoms with Crippen molar-refractivity contribution in [2.75, 3.05) is 0 Å². The van der Waals surface area contributed by atoms with Crippen molar-refractivity contribution in [3.05, 3.63) is 0 Å². The normalized spacial score (nSPS) is 17.2. The maximum absolute atomic E-state index is 2.56. The van der Waals surface area contributed by atoms with Gasteiger partial charge in [0.25, 0.3) is 0 Å². The van der Waals surface area contributed by atoms with Crippen molar-refractivity contribution in [3.8, 4) is 0 Å². The topological polar surface area (TPSA) is 0 Å². The van der Waals surface area contributed by atoms with E-state index < -0.39 is 0 Å². The zero-order valence-corrected chi connectivity index (χ0v) is 21.2. The van der Waals surface area contributed by atoms with E-state index in [2.05, 4.69) is 48.5 Å². The van der Waals surface area contributed by atoms with E-state index in [1.807, 2.05) is 0 Å². The minimum absolute atomic E-state index is 0.920. The summed E-state index contributed by atoms with van der Waals surface area (Å²) in [6.45, 7) is 16.9. The molecule has 0 radical (unpaired) electrons. The van der Waals surface area contributed by atoms with Crippen LogP contribution >= 0.6 is 0 Å². The van der Waals surface area contributed by atoms with Crippen LogP contribution in [0.1, 0.15) is 151 Å². The maximum Gasteiger partial charge on any atom is -0.0409 e. The van der Waals surface area contributed by atoms with E-state index in [1.54, 1.807) is 0 Å². The zero-order chi connectivity index (χ0) is 21.2. The van der Waals surface area contributed by atoms with E-state index in [0.717, 1.165) is 29.6 Å². The van der Waals surface area contributed by atoms with Crippen LogP contribution < -0.4 is 0 Å². The molecular weight excluding hydrogens is 336 g/mol. The molecular formula is C28H58. The average molecular weight is 395 g/mol. The number of rotatable bonds is 20. The predicted octanol–water partition coefficient (Wildman–Crippen LogP) is 10.4. The quantitative estimate of drug-likeness (QED) is 0.192. The fraction of sp³-hybridized carbons (Fsp3) is 1.00. The van der Waals surface area contributed by atoms with E-state index in [-0.39, 0.29) is 0 Å². The van der Waals surface area contributed by atoms with Crippen molar-refractivity contribution >= 4 is 0 Å². The van der Waals surface area contributed by atoms with Gasteiger partial charge in [-0.2, -0.15) is 0 Å². The molecule has 28 heavy (non-hydrogen) atoms. The van der Waals surface area contributed by atoms with Gasteiger partial charge in [0.2, 0.25) is 0 Å². The Kier molecular flexibility index (Phi) is 19.0. The van der Waals surface area contributed by atoms with Crippen LogP contribution in [0.2, 0.25) is 0 Å². The summed E-state index contributed by atoms with van der Waals surface area (Å²) in [5, 5.41) is 0. The molecule has 5 atom stereocenters. The van der Waals surface area contributed by atoms with Crippen molar-refractivity contribution in [3.63, 3.8) is 0 Å². The summed E-state index contributed by atoms with van der Waals surface area (Å²) in [4.78, 5) is 0. The highest BCUT2D eigenvalue weighted by atomic mass is 14.3. The summed E-state index contributed by atoms with van der Waals surface area (Å²) in [7, 11) is 0. The summed E-state index contributed by atoms with van der Waals surface area (Å²) in [6, 6.07) is 0. The van der Waals surface area contributed by atoms with Crippen molar-refractivity contribution in [1.29, 1.82) is 0 Å². The molecule has 0 rings (SSSR count). The molecule has 170 valence electrons. The van der Waals surface area contributed by atoms with Crippen LogP contribution in [0, 0.1) is 29.6 Å². The zero-order valence-electron chi connectivity index (χ0n) is 21.2. The van der Waals surface area contributed by atoms with Gasteiger partial charge in [-0.05, 0) is 55.3 Å². The third-order valence-corrected chi connectivity index (χ3v) is 7.43. The van der Waals surface area contributed by atoms with Gasteiger partial charge in [-0.15, -0.1) is 0 Å². The third kappa shape index (κ3) is 14.1. The Hall–Kier alpha value is 0. The molecule has 0 nitrogen and oxygen atoms in total. The molecule has 5 unspecified atom stereocenters. The van der Waals surface area contributed by atoms with Crippen LogP contribution in [0.15, 0.2) is 0 Å². The fourth-order valence-electron chi connectivity index (χ4n) is 5.39. The number of hydrogen-bond acceptors (Lipinski definition) is 0. The Labute approximate surface area is 181 Å². The van der Waals surface area contributed by atoms with Crippen LogP contribution in [0.5, 0.6) is 0 Å². The summed E-state index contributed by atoms with van der Waals surface area (Å²) >= 11 is 0. The van der Waals surface area contributed by atoms with Gasteiger partial charge in [-0.25, -0.2) is 0 Å². The first-order valence-corrected chi connectivity index (χ1v) is 13.5. The van der Waals surface area contributed by atoms with E-state index in [4.69, 9.17) is 0 Å². The van der Waals surface area contributed by atoms with E-state index in [9.17, 15) is 0 Å². The van der Waals surface area contributed by atoms with Crippen LogP contribution in [0.25, 0.3) is 0 Å². The molecule has 0 N–H and O–H groups in total. The molecule has 0 amide bonds. The molecule has 0 fully saturated rings. The number of hydrogen-bond donors (Lipinski definition) is 0. The second-order valence-corrected chi connectivity index (χ2v) is 10.2. The van der Waals surface area contributed by atoms with E-state index in [0.29, 0.717) is 0 Å². The van der Waals surface area contributed by atoms with Gasteiger partial charge < -0.3 is 0 Å². The van der Waals surface area contributed by atoms with Gasteiger partial charge in [-0.1, -0.05) is 126 Å². The van der Waals surface area contributed by atoms with Crippen LogP contribution in [-0.4, -0.2) is 0 Å². The summed E-state index contributed by atoms with van der Waals surface area (Å²) in [5.74, 6) is 4.82. The van der Waals surface area contributed by atoms with Gasteiger partial charge in [0.15, 0.2) is 0 Å². The van der Waals surface area contributed by atoms with Gasteiger partial charge in [0, 0.05) is 0 Å². The Morgan fingerprint density at radius 3 is 1.21 bits per heavy atom. The highest BCUT2D eigenvalue weighted by Gasteiger charge is 2.21. The third-order valence-electron chi connectivity index (χ3n) is 7.43. The standard InChI is InChI=1S/C28H58/c1-8-14-17-25(11-4)20-24(7)21-28(19-16-10-3)23-27(13-6)22-26(12-5)18-15-9-2/h24-28H,8-23H2,1-7H3. The van der Waals surface area contributed by atoms with Crippen molar-refractivity contribution in [1.82, 2.24) is 0 Å². The van der Waals surface area contributed by atoms with Crippen molar-refractivity contribution in [2.24, 2.45) is 29.6 Å². The van der Waals surface area contributed by atoms with Gasteiger partial charge in [0.05, 0.1) is 0 Å². The lowest BCUT2D eigenvalue weighted by Gasteiger charge is -2.29. The van der Waals surface area contributed by atoms with Crippen molar-refractivity contribution < 1.29 is 0 Å². The van der Waals surface area contributed by atoms with Crippen LogP contribution in [-0.2, 0) is 0 Å². The lowest BCUT2D eigenvalue weighted by atomic mass is 9.77. The number of unbranched alkanes of at least 4 members (excludes halogenated alkanes) is 3. The average Bonchev–Trinajstić information content (AvgIpc) is 2.71. The molecule has 0 aliphatic rings. The van der Waals surface area contributed by atoms with Crippen LogP contribution in [0.3, 0.4) is 0 Å². The fourth-order valence-corrected chi connectivity index (χ4v) is 5.39. The maximum atomic E-state index is 2.56. The van der Waals surface area contributed by atoms with Gasteiger partial charge in [0.1, 0.15) is 0 Å². The Morgan fingerprint density at radius 2 is 0.786 bits per heavy atom. The van der Waals surface area contributed by atoms with Crippen molar-refractivity contribution in [2.45, 2.75) is 151 Å². The molecule has 0 aromatic carbocycles. The van der Waals surface area contributed by atoms with Gasteiger partial charge >= 0.3 is 0 Å². The smallest absolute Gasteiger partial charge is 0.0409 e. The second-order valence-electron chi connectivity index (χ2n) is 10.2. The Morgan fingerprint density at radius 1 is 0.429 bits per heavy atom. The molecule has 0 heterocycles. The molecule has 0 saturated heterocycles. The minimum atomic E-state index is 0.920. The summed E-state index contributed by atoms with van der Waals surface area (Å²) < 4.78 is 0. The summed E-state index contributed by atoms with van der Waals surface area (Å²) in [5.41, 5.74) is 0. The Bertz CT molecular complexity index is 307. The minimum Gasteiger partial charge on any atom is -0.0654 e. The molecule has 0 aromatic rings. The highest BCUT2D eigenvalue weighted by Crippen LogP contribution is 2.34. The molecule has 0 aliphatic carbocycles. The monoisotopic (exact) mass is 394 g/mol. The van der Waals surface area contributed by atoms with Crippen LogP contribution in [0.4, 0.5) is 0 Å². The lowest BCUT2D eigenvalue weighted by Crippen LogP contribution is -2.16. The highest BCUT2D eigenvalue weighted by molar-refractivity contribution is 4.73. The predicted molar refractivity (Wildman–Crippen MR) is 131 cm³/mol. The van der Waals surface area contributed by atoms with Gasteiger partial charge in [-0.3, -0.25) is 0 Å². The first kappa shape index (κ1) is 28.0. The summed E-state index contributed by atoms with van der Waals surface area (Å²) in [6.07, 6.45) is 22.9. The molecule has 0 aromatic heterocycles. The second kappa shape index (κ2) is 19.0. The molecule has 0 aliphatic heterocycles. The first-order chi connectivity index (χ1) is 13.5. The molecule has 0 heteroatoms. The Balaban J connectivity index is 4.70. The van der Waals surface area contributed by atoms with E-state index >= 15 is 0 Å². The van der Waals surface area contributed by atoms with E-state index in [1.165, 1.54) is 103 Å². The molecule has 0 spiro atoms. The lowest BCUT2D eigenvalue weighted by molar-refractivity contribution is 0.229. The SMILES string of the molecule is CCCCC(CC)CC(C)CC(CCCC)CC(CC)CC(CC)CCCC.